The predicted molar refractivity (Wildman–Crippen MR) is 180 cm³/mol. The number of hydrogen-bond acceptors (Lipinski definition) is 5. The highest BCUT2D eigenvalue weighted by molar-refractivity contribution is 7.92. The zero-order chi connectivity index (χ0) is 34.2. The highest BCUT2D eigenvalue weighted by Gasteiger charge is 2.30. The molecule has 0 aliphatic rings. The Labute approximate surface area is 273 Å². The van der Waals surface area contributed by atoms with Gasteiger partial charge >= 0.3 is 6.18 Å². The lowest BCUT2D eigenvalue weighted by atomic mass is 9.99. The average molecular weight is 666 g/mol. The van der Waals surface area contributed by atoms with Crippen LogP contribution in [0.3, 0.4) is 0 Å². The lowest BCUT2D eigenvalue weighted by Crippen LogP contribution is -2.48. The minimum Gasteiger partial charge on any atom is -0.390 e. The van der Waals surface area contributed by atoms with Crippen LogP contribution in [0, 0.1) is 0 Å². The molecule has 2 atom stereocenters. The van der Waals surface area contributed by atoms with E-state index in [-0.39, 0.29) is 30.8 Å². The number of alkyl halides is 3. The van der Waals surface area contributed by atoms with Gasteiger partial charge in [0.05, 0.1) is 35.3 Å². The van der Waals surface area contributed by atoms with Gasteiger partial charge in [-0.05, 0) is 73.4 Å². The molecular formula is C36H38F3N3O4S. The van der Waals surface area contributed by atoms with E-state index in [1.54, 1.807) is 48.5 Å². The molecule has 3 N–H and O–H groups in total. The summed E-state index contributed by atoms with van der Waals surface area (Å²) in [4.78, 5) is 13.8. The average Bonchev–Trinajstić information content (AvgIpc) is 3.00. The second-order valence-corrected chi connectivity index (χ2v) is 13.4. The summed E-state index contributed by atoms with van der Waals surface area (Å²) in [6.45, 7) is 3.82. The second kappa shape index (κ2) is 15.4. The number of allylic oxidation sites excluding steroid dienone is 1. The van der Waals surface area contributed by atoms with Gasteiger partial charge in [0, 0.05) is 18.7 Å². The fraction of sp³-hybridized carbons (Fsp3) is 0.250. The molecule has 47 heavy (non-hydrogen) atoms. The summed E-state index contributed by atoms with van der Waals surface area (Å²) in [6.07, 6.45) is -2.41. The smallest absolute Gasteiger partial charge is 0.390 e. The molecule has 248 valence electrons. The number of hydrogen-bond donors (Lipinski definition) is 3. The SMILES string of the molecule is CC(C)=Cc1cc(C(=O)N[C@@H](Cc2ccccc2)[C@@H](O)CNCc2cccc(C(F)(F)F)c2)cc(N(c2ccccc2)S(C)(=O)=O)c1. The van der Waals surface area contributed by atoms with Crippen LogP contribution in [-0.4, -0.2) is 44.4 Å². The molecule has 4 rings (SSSR count). The van der Waals surface area contributed by atoms with Gasteiger partial charge in [-0.2, -0.15) is 13.2 Å². The van der Waals surface area contributed by atoms with Gasteiger partial charge < -0.3 is 15.7 Å². The molecule has 11 heteroatoms. The van der Waals surface area contributed by atoms with Crippen LogP contribution < -0.4 is 14.9 Å². The fourth-order valence-corrected chi connectivity index (χ4v) is 6.16. The Kier molecular flexibility index (Phi) is 11.6. The van der Waals surface area contributed by atoms with E-state index >= 15 is 0 Å². The van der Waals surface area contributed by atoms with Crippen molar-refractivity contribution in [2.45, 2.75) is 45.1 Å². The number of aliphatic hydroxyl groups is 1. The topological polar surface area (TPSA) is 98.7 Å². The molecule has 0 aromatic heterocycles. The molecule has 0 aliphatic heterocycles. The zero-order valence-corrected chi connectivity index (χ0v) is 27.1. The molecule has 0 bridgehead atoms. The van der Waals surface area contributed by atoms with Crippen LogP contribution in [0.1, 0.15) is 46.5 Å². The lowest BCUT2D eigenvalue weighted by molar-refractivity contribution is -0.137. The maximum atomic E-state index is 13.8. The van der Waals surface area contributed by atoms with Crippen molar-refractivity contribution in [3.63, 3.8) is 0 Å². The van der Waals surface area contributed by atoms with Gasteiger partial charge in [-0.1, -0.05) is 78.4 Å². The van der Waals surface area contributed by atoms with Crippen LogP contribution in [0.2, 0.25) is 0 Å². The summed E-state index contributed by atoms with van der Waals surface area (Å²) in [5.74, 6) is -0.533. The number of benzene rings is 4. The molecule has 0 aliphatic carbocycles. The van der Waals surface area contributed by atoms with Crippen LogP contribution in [0.15, 0.2) is 109 Å². The molecule has 0 heterocycles. The Bertz CT molecular complexity index is 1790. The van der Waals surface area contributed by atoms with E-state index < -0.39 is 39.8 Å². The number of rotatable bonds is 13. The van der Waals surface area contributed by atoms with Crippen molar-refractivity contribution < 1.29 is 31.5 Å². The largest absolute Gasteiger partial charge is 0.416 e. The molecule has 4 aromatic rings. The Morgan fingerprint density at radius 2 is 1.51 bits per heavy atom. The summed E-state index contributed by atoms with van der Waals surface area (Å²) < 4.78 is 66.6. The number of sulfonamides is 1. The van der Waals surface area contributed by atoms with E-state index in [9.17, 15) is 31.5 Å². The first-order valence-corrected chi connectivity index (χ1v) is 16.8. The standard InChI is InChI=1S/C36H38F3N3O4S/c1-25(2)17-28-18-29(22-32(20-28)42(47(3,45)46)31-15-8-5-9-16-31)35(44)41-33(21-26-11-6-4-7-12-26)34(43)24-40-23-27-13-10-14-30(19-27)36(37,38)39/h4-20,22,33-34,40,43H,21,23-24H2,1-3H3,(H,41,44)/t33-,34-/m0/s1. The third-order valence-corrected chi connectivity index (χ3v) is 8.32. The molecule has 0 saturated carbocycles. The van der Waals surface area contributed by atoms with Crippen molar-refractivity contribution in [3.8, 4) is 0 Å². The molecule has 0 saturated heterocycles. The first-order valence-electron chi connectivity index (χ1n) is 15.0. The maximum absolute atomic E-state index is 13.8. The Morgan fingerprint density at radius 1 is 0.872 bits per heavy atom. The van der Waals surface area contributed by atoms with Gasteiger partial charge in [0.25, 0.3) is 5.91 Å². The summed E-state index contributed by atoms with van der Waals surface area (Å²) in [6, 6.07) is 26.7. The highest BCUT2D eigenvalue weighted by Crippen LogP contribution is 2.31. The maximum Gasteiger partial charge on any atom is 0.416 e. The second-order valence-electron chi connectivity index (χ2n) is 11.6. The third kappa shape index (κ3) is 10.3. The van der Waals surface area contributed by atoms with Crippen molar-refractivity contribution in [2.75, 3.05) is 17.1 Å². The van der Waals surface area contributed by atoms with Crippen LogP contribution in [-0.2, 0) is 29.2 Å². The summed E-state index contributed by atoms with van der Waals surface area (Å²) in [5.41, 5.74) is 2.88. The van der Waals surface area contributed by atoms with E-state index in [0.29, 0.717) is 16.8 Å². The number of nitrogens with zero attached hydrogens (tertiary/aromatic N) is 1. The highest BCUT2D eigenvalue weighted by atomic mass is 32.2. The predicted octanol–water partition coefficient (Wildman–Crippen LogP) is 6.72. The number of para-hydroxylation sites is 1. The van der Waals surface area contributed by atoms with E-state index in [4.69, 9.17) is 0 Å². The van der Waals surface area contributed by atoms with Crippen molar-refractivity contribution in [3.05, 3.63) is 137 Å². The van der Waals surface area contributed by atoms with E-state index in [1.165, 1.54) is 16.4 Å². The summed E-state index contributed by atoms with van der Waals surface area (Å²) in [5, 5.41) is 17.2. The number of anilines is 2. The molecular weight excluding hydrogens is 627 g/mol. The number of aliphatic hydroxyl groups excluding tert-OH is 1. The van der Waals surface area contributed by atoms with Gasteiger partial charge in [-0.3, -0.25) is 4.79 Å². The minimum absolute atomic E-state index is 0.0209. The van der Waals surface area contributed by atoms with Gasteiger partial charge in [0.2, 0.25) is 10.0 Å². The third-order valence-electron chi connectivity index (χ3n) is 7.23. The van der Waals surface area contributed by atoms with E-state index in [1.807, 2.05) is 50.3 Å². The van der Waals surface area contributed by atoms with Crippen LogP contribution >= 0.6 is 0 Å². The zero-order valence-electron chi connectivity index (χ0n) is 26.3. The van der Waals surface area contributed by atoms with Crippen molar-refractivity contribution in [1.29, 1.82) is 0 Å². The summed E-state index contributed by atoms with van der Waals surface area (Å²) >= 11 is 0. The molecule has 1 amide bonds. The molecule has 0 fully saturated rings. The Hall–Kier alpha value is -4.45. The number of carbonyl (C=O) groups is 1. The van der Waals surface area contributed by atoms with Crippen molar-refractivity contribution in [1.82, 2.24) is 10.6 Å². The first kappa shape index (κ1) is 35.4. The Balaban J connectivity index is 1.62. The lowest BCUT2D eigenvalue weighted by Gasteiger charge is -2.26. The van der Waals surface area contributed by atoms with Crippen LogP contribution in [0.25, 0.3) is 6.08 Å². The number of amides is 1. The quantitative estimate of drug-likeness (QED) is 0.147. The number of nitrogens with one attached hydrogen (secondary N) is 2. The molecule has 0 unspecified atom stereocenters. The molecule has 4 aromatic carbocycles. The fourth-order valence-electron chi connectivity index (χ4n) is 5.16. The van der Waals surface area contributed by atoms with E-state index in [2.05, 4.69) is 10.6 Å². The number of carbonyl (C=O) groups excluding carboxylic acids is 1. The van der Waals surface area contributed by atoms with Gasteiger partial charge in [-0.25, -0.2) is 12.7 Å². The first-order chi connectivity index (χ1) is 22.2. The monoisotopic (exact) mass is 665 g/mol. The normalized spacial score (nSPS) is 13.0. The van der Waals surface area contributed by atoms with Gasteiger partial charge in [-0.15, -0.1) is 0 Å². The van der Waals surface area contributed by atoms with Crippen molar-refractivity contribution in [2.24, 2.45) is 0 Å². The minimum atomic E-state index is -4.47. The van der Waals surface area contributed by atoms with E-state index in [0.717, 1.165) is 29.5 Å². The van der Waals surface area contributed by atoms with Gasteiger partial charge in [0.1, 0.15) is 0 Å². The Morgan fingerprint density at radius 3 is 2.13 bits per heavy atom. The van der Waals surface area contributed by atoms with Crippen molar-refractivity contribution >= 4 is 33.4 Å². The van der Waals surface area contributed by atoms with Gasteiger partial charge in [0.15, 0.2) is 0 Å². The number of halogens is 3. The van der Waals surface area contributed by atoms with Crippen LogP contribution in [0.4, 0.5) is 24.5 Å². The molecule has 7 nitrogen and oxygen atoms in total. The molecule has 0 radical (unpaired) electrons. The summed E-state index contributed by atoms with van der Waals surface area (Å²) in [7, 11) is -3.81. The molecule has 0 spiro atoms. The van der Waals surface area contributed by atoms with Crippen LogP contribution in [0.5, 0.6) is 0 Å².